The maximum Gasteiger partial charge on any atom is 0.410 e. The van der Waals surface area contributed by atoms with Gasteiger partial charge in [0.15, 0.2) is 0 Å². The van der Waals surface area contributed by atoms with E-state index in [2.05, 4.69) is 0 Å². The number of carboxylic acid groups (broad SMARTS) is 1. The van der Waals surface area contributed by atoms with E-state index >= 15 is 0 Å². The Morgan fingerprint density at radius 1 is 0.719 bits per heavy atom. The van der Waals surface area contributed by atoms with Gasteiger partial charge < -0.3 is 24.4 Å². The summed E-state index contributed by atoms with van der Waals surface area (Å²) in [7, 11) is 0. The summed E-state index contributed by atoms with van der Waals surface area (Å²) in [6.07, 6.45) is -0.526. The molecular formula is C23H44N2O7. The van der Waals surface area contributed by atoms with Crippen LogP contribution in [0.25, 0.3) is 0 Å². The highest BCUT2D eigenvalue weighted by molar-refractivity contribution is 5.76. The SMILES string of the molecule is CC(=O)CCN(C(=O)OC(C)(C)C)C(C)C.CC(C)N(CCC(=O)O)C(=O)OC(C)(C)C. The van der Waals surface area contributed by atoms with E-state index in [1.165, 1.54) is 11.8 Å². The van der Waals surface area contributed by atoms with Gasteiger partial charge in [-0.25, -0.2) is 9.59 Å². The second-order valence-corrected chi connectivity index (χ2v) is 10.1. The Labute approximate surface area is 193 Å². The minimum atomic E-state index is -0.922. The molecule has 0 fully saturated rings. The highest BCUT2D eigenvalue weighted by Crippen LogP contribution is 2.13. The zero-order chi connectivity index (χ0) is 25.9. The Bertz CT molecular complexity index is 563. The molecule has 0 heterocycles. The molecule has 0 spiro atoms. The number of hydrogen-bond donors (Lipinski definition) is 1. The summed E-state index contributed by atoms with van der Waals surface area (Å²) >= 11 is 0. The van der Waals surface area contributed by atoms with E-state index in [0.717, 1.165) is 0 Å². The molecule has 0 aliphatic carbocycles. The molecule has 2 amide bonds. The number of amides is 2. The zero-order valence-corrected chi connectivity index (χ0v) is 21.8. The topological polar surface area (TPSA) is 113 Å². The maximum absolute atomic E-state index is 11.8. The van der Waals surface area contributed by atoms with Gasteiger partial charge in [0.1, 0.15) is 17.0 Å². The van der Waals surface area contributed by atoms with E-state index in [-0.39, 0.29) is 36.9 Å². The molecule has 9 nitrogen and oxygen atoms in total. The van der Waals surface area contributed by atoms with Crippen molar-refractivity contribution in [2.45, 2.75) is 112 Å². The number of hydrogen-bond acceptors (Lipinski definition) is 6. The summed E-state index contributed by atoms with van der Waals surface area (Å²) in [4.78, 5) is 47.9. The van der Waals surface area contributed by atoms with Crippen molar-refractivity contribution in [3.05, 3.63) is 0 Å². The highest BCUT2D eigenvalue weighted by Gasteiger charge is 2.25. The van der Waals surface area contributed by atoms with E-state index < -0.39 is 23.3 Å². The number of Topliss-reactive ketones (excluding diaryl/α,β-unsaturated/α-hetero) is 1. The molecule has 32 heavy (non-hydrogen) atoms. The van der Waals surface area contributed by atoms with Crippen LogP contribution in [0.3, 0.4) is 0 Å². The van der Waals surface area contributed by atoms with E-state index in [9.17, 15) is 19.2 Å². The number of carboxylic acids is 1. The van der Waals surface area contributed by atoms with Gasteiger partial charge >= 0.3 is 18.2 Å². The molecular weight excluding hydrogens is 416 g/mol. The molecule has 0 bridgehead atoms. The third kappa shape index (κ3) is 17.4. The molecule has 0 radical (unpaired) electrons. The molecule has 0 atom stereocenters. The second kappa shape index (κ2) is 14.0. The van der Waals surface area contributed by atoms with Crippen LogP contribution in [0.1, 0.15) is 89.0 Å². The number of rotatable bonds is 8. The molecule has 0 saturated heterocycles. The number of nitrogens with zero attached hydrogens (tertiary/aromatic N) is 2. The molecule has 0 aromatic carbocycles. The number of carbonyl (C=O) groups is 4. The van der Waals surface area contributed by atoms with Crippen LogP contribution in [0.5, 0.6) is 0 Å². The summed E-state index contributed by atoms with van der Waals surface area (Å²) < 4.78 is 10.5. The van der Waals surface area contributed by atoms with Crippen LogP contribution < -0.4 is 0 Å². The molecule has 1 N–H and O–H groups in total. The molecule has 0 rings (SSSR count). The predicted molar refractivity (Wildman–Crippen MR) is 124 cm³/mol. The standard InChI is InChI=1S/C12H23NO3.C11H21NO4/c1-9(2)13(8-7-10(3)14)11(15)16-12(4,5)6;1-8(2)12(7-6-9(13)14)10(15)16-11(3,4)5/h9H,7-8H2,1-6H3;8H,6-7H2,1-5H3,(H,13,14). The van der Waals surface area contributed by atoms with Gasteiger partial charge in [-0.1, -0.05) is 0 Å². The van der Waals surface area contributed by atoms with Crippen LogP contribution in [-0.4, -0.2) is 75.2 Å². The van der Waals surface area contributed by atoms with Crippen LogP contribution in [0.15, 0.2) is 0 Å². The minimum Gasteiger partial charge on any atom is -0.481 e. The first kappa shape index (κ1) is 31.9. The van der Waals surface area contributed by atoms with Crippen molar-refractivity contribution in [2.24, 2.45) is 0 Å². The van der Waals surface area contributed by atoms with Crippen LogP contribution in [0, 0.1) is 0 Å². The van der Waals surface area contributed by atoms with Crippen molar-refractivity contribution in [1.82, 2.24) is 9.80 Å². The lowest BCUT2D eigenvalue weighted by molar-refractivity contribution is -0.137. The molecule has 0 aromatic rings. The second-order valence-electron chi connectivity index (χ2n) is 10.1. The van der Waals surface area contributed by atoms with Crippen LogP contribution in [0.2, 0.25) is 0 Å². The van der Waals surface area contributed by atoms with E-state index in [4.69, 9.17) is 14.6 Å². The molecule has 0 aliphatic heterocycles. The van der Waals surface area contributed by atoms with Gasteiger partial charge in [0.25, 0.3) is 0 Å². The number of ketones is 1. The highest BCUT2D eigenvalue weighted by atomic mass is 16.6. The lowest BCUT2D eigenvalue weighted by Crippen LogP contribution is -2.42. The molecule has 9 heteroatoms. The fourth-order valence-corrected chi connectivity index (χ4v) is 2.26. The minimum absolute atomic E-state index is 0.0363. The first-order valence-corrected chi connectivity index (χ1v) is 11.0. The first-order valence-electron chi connectivity index (χ1n) is 11.0. The number of aliphatic carboxylic acids is 1. The smallest absolute Gasteiger partial charge is 0.410 e. The van der Waals surface area contributed by atoms with Gasteiger partial charge in [-0.05, 0) is 76.2 Å². The monoisotopic (exact) mass is 460 g/mol. The third-order valence-electron chi connectivity index (χ3n) is 3.77. The van der Waals surface area contributed by atoms with Gasteiger partial charge in [-0.15, -0.1) is 0 Å². The first-order chi connectivity index (χ1) is 14.3. The normalized spacial score (nSPS) is 11.4. The van der Waals surface area contributed by atoms with Crippen molar-refractivity contribution >= 4 is 23.9 Å². The number of ether oxygens (including phenoxy) is 2. The fourth-order valence-electron chi connectivity index (χ4n) is 2.26. The van der Waals surface area contributed by atoms with Gasteiger partial charge in [0.05, 0.1) is 6.42 Å². The Morgan fingerprint density at radius 3 is 1.25 bits per heavy atom. The predicted octanol–water partition coefficient (Wildman–Crippen LogP) is 4.72. The van der Waals surface area contributed by atoms with Crippen molar-refractivity contribution < 1.29 is 33.8 Å². The van der Waals surface area contributed by atoms with E-state index in [0.29, 0.717) is 13.0 Å². The number of carbonyl (C=O) groups excluding carboxylic acids is 3. The Balaban J connectivity index is 0. The largest absolute Gasteiger partial charge is 0.481 e. The van der Waals surface area contributed by atoms with Gasteiger partial charge in [0.2, 0.25) is 0 Å². The van der Waals surface area contributed by atoms with Crippen LogP contribution in [-0.2, 0) is 19.1 Å². The summed E-state index contributed by atoms with van der Waals surface area (Å²) in [5, 5.41) is 8.58. The zero-order valence-electron chi connectivity index (χ0n) is 21.8. The van der Waals surface area contributed by atoms with Crippen molar-refractivity contribution in [1.29, 1.82) is 0 Å². The van der Waals surface area contributed by atoms with Gasteiger partial charge in [-0.2, -0.15) is 0 Å². The van der Waals surface area contributed by atoms with Crippen molar-refractivity contribution in [2.75, 3.05) is 13.1 Å². The quantitative estimate of drug-likeness (QED) is 0.557. The molecule has 0 unspecified atom stereocenters. The summed E-state index contributed by atoms with van der Waals surface area (Å²) in [5.74, 6) is -0.844. The lowest BCUT2D eigenvalue weighted by atomic mass is 10.2. The lowest BCUT2D eigenvalue weighted by Gasteiger charge is -2.29. The van der Waals surface area contributed by atoms with Crippen molar-refractivity contribution in [3.63, 3.8) is 0 Å². The van der Waals surface area contributed by atoms with Gasteiger partial charge in [-0.3, -0.25) is 9.59 Å². The average molecular weight is 461 g/mol. The van der Waals surface area contributed by atoms with Crippen LogP contribution >= 0.6 is 0 Å². The van der Waals surface area contributed by atoms with Crippen molar-refractivity contribution in [3.8, 4) is 0 Å². The van der Waals surface area contributed by atoms with Crippen LogP contribution in [0.4, 0.5) is 9.59 Å². The Hall–Kier alpha value is -2.32. The molecule has 0 aliphatic rings. The maximum atomic E-state index is 11.8. The third-order valence-corrected chi connectivity index (χ3v) is 3.77. The van der Waals surface area contributed by atoms with E-state index in [1.807, 2.05) is 48.5 Å². The summed E-state index contributed by atoms with van der Waals surface area (Å²) in [5.41, 5.74) is -1.06. The fraction of sp³-hybridized carbons (Fsp3) is 0.826. The Morgan fingerprint density at radius 2 is 1.03 bits per heavy atom. The summed E-state index contributed by atoms with van der Waals surface area (Å²) in [6.45, 7) is 20.4. The Kier molecular flexibility index (Phi) is 13.9. The van der Waals surface area contributed by atoms with E-state index in [1.54, 1.807) is 25.7 Å². The molecule has 0 aromatic heterocycles. The average Bonchev–Trinajstić information content (AvgIpc) is 2.50. The van der Waals surface area contributed by atoms with Gasteiger partial charge in [0, 0.05) is 31.6 Å². The molecule has 188 valence electrons. The summed E-state index contributed by atoms with van der Waals surface area (Å²) in [6, 6.07) is -0.0385. The molecule has 0 saturated carbocycles.